The Hall–Kier alpha value is -1.87. The zero-order valence-corrected chi connectivity index (χ0v) is 14.4. The Morgan fingerprint density at radius 2 is 2.08 bits per heavy atom. The molecular weight excluding hydrogens is 351 g/mol. The minimum absolute atomic E-state index is 0.201. The van der Waals surface area contributed by atoms with Crippen LogP contribution in [0.4, 0.5) is 13.2 Å². The fourth-order valence-electron chi connectivity index (χ4n) is 3.19. The van der Waals surface area contributed by atoms with E-state index in [1.54, 1.807) is 4.90 Å². The Balaban J connectivity index is 1.51. The number of nitrogens with zero attached hydrogens (tertiary/aromatic N) is 3. The molecule has 0 saturated carbocycles. The van der Waals surface area contributed by atoms with Crippen molar-refractivity contribution in [3.63, 3.8) is 0 Å². The van der Waals surface area contributed by atoms with Crippen LogP contribution in [0.15, 0.2) is 18.3 Å². The van der Waals surface area contributed by atoms with Crippen molar-refractivity contribution in [3.8, 4) is 5.88 Å². The second kappa shape index (κ2) is 8.22. The highest BCUT2D eigenvalue weighted by atomic mass is 19.4. The van der Waals surface area contributed by atoms with Crippen molar-refractivity contribution in [2.24, 2.45) is 5.92 Å². The molecule has 0 bridgehead atoms. The van der Waals surface area contributed by atoms with Crippen LogP contribution in [0.2, 0.25) is 0 Å². The topological polar surface area (TPSA) is 54.9 Å². The number of hydrogen-bond donors (Lipinski definition) is 0. The first kappa shape index (κ1) is 18.9. The summed E-state index contributed by atoms with van der Waals surface area (Å²) >= 11 is 0. The highest BCUT2D eigenvalue weighted by Gasteiger charge is 2.29. The smallest absolute Gasteiger partial charge is 0.422 e. The molecule has 0 aromatic carbocycles. The van der Waals surface area contributed by atoms with Crippen molar-refractivity contribution in [2.45, 2.75) is 12.6 Å². The van der Waals surface area contributed by atoms with E-state index in [-0.39, 0.29) is 17.4 Å². The monoisotopic (exact) mass is 373 g/mol. The molecule has 1 aromatic heterocycles. The Kier molecular flexibility index (Phi) is 5.98. The van der Waals surface area contributed by atoms with E-state index in [1.165, 1.54) is 18.3 Å². The van der Waals surface area contributed by atoms with E-state index in [4.69, 9.17) is 4.74 Å². The number of carbonyl (C=O) groups excluding carboxylic acids is 1. The summed E-state index contributed by atoms with van der Waals surface area (Å²) in [4.78, 5) is 20.4. The number of amides is 1. The van der Waals surface area contributed by atoms with Crippen LogP contribution in [0.1, 0.15) is 16.8 Å². The summed E-state index contributed by atoms with van der Waals surface area (Å²) in [6.45, 7) is 3.92. The molecule has 2 aliphatic rings. The fourth-order valence-corrected chi connectivity index (χ4v) is 3.19. The van der Waals surface area contributed by atoms with E-state index in [0.717, 1.165) is 39.3 Å². The fraction of sp³-hybridized carbons (Fsp3) is 0.647. The van der Waals surface area contributed by atoms with Gasteiger partial charge in [-0.3, -0.25) is 9.69 Å². The maximum Gasteiger partial charge on any atom is 0.422 e. The van der Waals surface area contributed by atoms with Gasteiger partial charge < -0.3 is 14.4 Å². The molecule has 1 amide bonds. The van der Waals surface area contributed by atoms with Gasteiger partial charge in [0.2, 0.25) is 5.88 Å². The molecule has 0 aliphatic carbocycles. The van der Waals surface area contributed by atoms with E-state index in [9.17, 15) is 18.0 Å². The number of aromatic nitrogens is 1. The Morgan fingerprint density at radius 1 is 1.31 bits per heavy atom. The maximum absolute atomic E-state index is 12.6. The van der Waals surface area contributed by atoms with Gasteiger partial charge >= 0.3 is 6.18 Å². The third kappa shape index (κ3) is 5.31. The first-order chi connectivity index (χ1) is 12.4. The van der Waals surface area contributed by atoms with Crippen molar-refractivity contribution in [2.75, 3.05) is 52.5 Å². The van der Waals surface area contributed by atoms with E-state index < -0.39 is 12.8 Å². The minimum Gasteiger partial charge on any atom is -0.468 e. The molecule has 26 heavy (non-hydrogen) atoms. The highest BCUT2D eigenvalue weighted by molar-refractivity contribution is 5.94. The Labute approximate surface area is 149 Å². The van der Waals surface area contributed by atoms with Gasteiger partial charge in [0.1, 0.15) is 0 Å². The molecule has 3 heterocycles. The second-order valence-electron chi connectivity index (χ2n) is 6.61. The number of carbonyl (C=O) groups is 1. The van der Waals surface area contributed by atoms with Crippen molar-refractivity contribution >= 4 is 5.91 Å². The standard InChI is InChI=1S/C17H22F3N3O3/c18-17(19,20)12-26-15-9-14(1-3-21-15)16(24)23-6-4-22(5-7-23)10-13-2-8-25-11-13/h1,3,9,13H,2,4-8,10-12H2. The molecule has 1 unspecified atom stereocenters. The van der Waals surface area contributed by atoms with Gasteiger partial charge in [-0.2, -0.15) is 13.2 Å². The van der Waals surface area contributed by atoms with E-state index in [1.807, 2.05) is 0 Å². The van der Waals surface area contributed by atoms with E-state index in [0.29, 0.717) is 19.0 Å². The molecule has 0 radical (unpaired) electrons. The van der Waals surface area contributed by atoms with Gasteiger partial charge in [0.15, 0.2) is 6.61 Å². The summed E-state index contributed by atoms with van der Waals surface area (Å²) in [5, 5.41) is 0. The first-order valence-corrected chi connectivity index (χ1v) is 8.66. The summed E-state index contributed by atoms with van der Waals surface area (Å²) in [6, 6.07) is 2.75. The zero-order chi connectivity index (χ0) is 18.6. The van der Waals surface area contributed by atoms with Crippen LogP contribution < -0.4 is 4.74 Å². The predicted molar refractivity (Wildman–Crippen MR) is 87.1 cm³/mol. The molecule has 3 rings (SSSR count). The van der Waals surface area contributed by atoms with Gasteiger partial charge in [0.05, 0.1) is 6.61 Å². The summed E-state index contributed by atoms with van der Waals surface area (Å²) in [7, 11) is 0. The van der Waals surface area contributed by atoms with Gasteiger partial charge in [0, 0.05) is 57.2 Å². The third-order valence-corrected chi connectivity index (χ3v) is 4.57. The largest absolute Gasteiger partial charge is 0.468 e. The number of pyridine rings is 1. The molecule has 144 valence electrons. The van der Waals surface area contributed by atoms with Gasteiger partial charge in [-0.15, -0.1) is 0 Å². The average Bonchev–Trinajstić information content (AvgIpc) is 3.13. The number of hydrogen-bond acceptors (Lipinski definition) is 5. The molecule has 2 aliphatic heterocycles. The number of ether oxygens (including phenoxy) is 2. The molecule has 2 saturated heterocycles. The predicted octanol–water partition coefficient (Wildman–Crippen LogP) is 1.82. The SMILES string of the molecule is O=C(c1ccnc(OCC(F)(F)F)c1)N1CCN(CC2CCOC2)CC1. The van der Waals surface area contributed by atoms with Crippen LogP contribution in [0.25, 0.3) is 0 Å². The average molecular weight is 373 g/mol. The van der Waals surface area contributed by atoms with Crippen LogP contribution in [0, 0.1) is 5.92 Å². The lowest BCUT2D eigenvalue weighted by molar-refractivity contribution is -0.154. The molecule has 9 heteroatoms. The lowest BCUT2D eigenvalue weighted by Crippen LogP contribution is -2.49. The van der Waals surface area contributed by atoms with E-state index >= 15 is 0 Å². The van der Waals surface area contributed by atoms with Crippen molar-refractivity contribution < 1.29 is 27.4 Å². The number of halogens is 3. The maximum atomic E-state index is 12.6. The molecule has 0 spiro atoms. The normalized spacial score (nSPS) is 21.8. The van der Waals surface area contributed by atoms with Gasteiger partial charge in [0.25, 0.3) is 5.91 Å². The van der Waals surface area contributed by atoms with Crippen molar-refractivity contribution in [1.29, 1.82) is 0 Å². The molecule has 0 N–H and O–H groups in total. The molecule has 6 nitrogen and oxygen atoms in total. The van der Waals surface area contributed by atoms with Gasteiger partial charge in [-0.05, 0) is 18.4 Å². The lowest BCUT2D eigenvalue weighted by atomic mass is 10.1. The molecule has 1 atom stereocenters. The summed E-state index contributed by atoms with van der Waals surface area (Å²) < 4.78 is 46.7. The number of piperazine rings is 1. The van der Waals surface area contributed by atoms with Crippen LogP contribution in [-0.4, -0.2) is 79.4 Å². The van der Waals surface area contributed by atoms with Crippen LogP contribution in [0.3, 0.4) is 0 Å². The van der Waals surface area contributed by atoms with Crippen LogP contribution in [0.5, 0.6) is 5.88 Å². The Morgan fingerprint density at radius 3 is 2.73 bits per heavy atom. The minimum atomic E-state index is -4.44. The zero-order valence-electron chi connectivity index (χ0n) is 14.4. The van der Waals surface area contributed by atoms with Crippen molar-refractivity contribution in [1.82, 2.24) is 14.8 Å². The summed E-state index contributed by atoms with van der Waals surface area (Å²) in [6.07, 6.45) is -2.07. The molecule has 1 aromatic rings. The van der Waals surface area contributed by atoms with Crippen molar-refractivity contribution in [3.05, 3.63) is 23.9 Å². The summed E-state index contributed by atoms with van der Waals surface area (Å²) in [5.74, 6) is 0.145. The highest BCUT2D eigenvalue weighted by Crippen LogP contribution is 2.19. The lowest BCUT2D eigenvalue weighted by Gasteiger charge is -2.35. The van der Waals surface area contributed by atoms with Crippen LogP contribution in [-0.2, 0) is 4.74 Å². The van der Waals surface area contributed by atoms with Gasteiger partial charge in [-0.25, -0.2) is 4.98 Å². The molecule has 2 fully saturated rings. The van der Waals surface area contributed by atoms with Crippen LogP contribution >= 0.6 is 0 Å². The quantitative estimate of drug-likeness (QED) is 0.788. The first-order valence-electron chi connectivity index (χ1n) is 8.66. The third-order valence-electron chi connectivity index (χ3n) is 4.57. The number of alkyl halides is 3. The van der Waals surface area contributed by atoms with E-state index in [2.05, 4.69) is 14.6 Å². The Bertz CT molecular complexity index is 613. The number of rotatable bonds is 5. The molecular formula is C17H22F3N3O3. The summed E-state index contributed by atoms with van der Waals surface area (Å²) in [5.41, 5.74) is 0.287. The van der Waals surface area contributed by atoms with Gasteiger partial charge in [-0.1, -0.05) is 0 Å². The second-order valence-corrected chi connectivity index (χ2v) is 6.61.